The number of nitrogens with zero attached hydrogens (tertiary/aromatic N) is 1. The van der Waals surface area contributed by atoms with Crippen LogP contribution in [0.4, 0.5) is 0 Å². The average Bonchev–Trinajstić information content (AvgIpc) is 2.93. The van der Waals surface area contributed by atoms with Crippen LogP contribution in [0.2, 0.25) is 0 Å². The van der Waals surface area contributed by atoms with Crippen molar-refractivity contribution in [3.8, 4) is 0 Å². The lowest BCUT2D eigenvalue weighted by Gasteiger charge is -2.32. The second-order valence-corrected chi connectivity index (χ2v) is 8.93. The Hall–Kier alpha value is -2.21. The van der Waals surface area contributed by atoms with Crippen LogP contribution in [-0.2, 0) is 32.1 Å². The van der Waals surface area contributed by atoms with Crippen LogP contribution in [0.25, 0.3) is 0 Å². The van der Waals surface area contributed by atoms with Gasteiger partial charge < -0.3 is 15.0 Å². The summed E-state index contributed by atoms with van der Waals surface area (Å²) in [6.45, 7) is 8.85. The van der Waals surface area contributed by atoms with Gasteiger partial charge in [0.25, 0.3) is 0 Å². The van der Waals surface area contributed by atoms with Crippen molar-refractivity contribution in [2.24, 2.45) is 11.8 Å². The zero-order chi connectivity index (χ0) is 21.2. The van der Waals surface area contributed by atoms with E-state index in [0.29, 0.717) is 19.5 Å². The van der Waals surface area contributed by atoms with Crippen LogP contribution in [0.5, 0.6) is 0 Å². The highest BCUT2D eigenvalue weighted by Crippen LogP contribution is 2.26. The fourth-order valence-electron chi connectivity index (χ4n) is 4.17. The van der Waals surface area contributed by atoms with Crippen LogP contribution in [0, 0.1) is 11.8 Å². The molecule has 6 heteroatoms. The van der Waals surface area contributed by atoms with Gasteiger partial charge in [0.1, 0.15) is 12.1 Å². The Balaban J connectivity index is 1.68. The Labute approximate surface area is 173 Å². The Kier molecular flexibility index (Phi) is 6.42. The maximum absolute atomic E-state index is 13.1. The molecule has 3 unspecified atom stereocenters. The third-order valence-electron chi connectivity index (χ3n) is 6.27. The van der Waals surface area contributed by atoms with E-state index in [0.717, 1.165) is 6.42 Å². The number of carbonyl (C=O) groups excluding carboxylic acids is 3. The van der Waals surface area contributed by atoms with Gasteiger partial charge in [-0.1, -0.05) is 38.1 Å². The highest BCUT2D eigenvalue weighted by Gasteiger charge is 2.47. The maximum Gasteiger partial charge on any atom is 0.224 e. The highest BCUT2D eigenvalue weighted by atomic mass is 16.5. The molecule has 1 saturated heterocycles. The molecule has 3 rings (SSSR count). The number of ketones is 1. The smallest absolute Gasteiger partial charge is 0.224 e. The number of rotatable bonds is 6. The van der Waals surface area contributed by atoms with Crippen molar-refractivity contribution in [1.82, 2.24) is 10.2 Å². The molecule has 1 aromatic carbocycles. The molecule has 1 fully saturated rings. The highest BCUT2D eigenvalue weighted by molar-refractivity contribution is 5.96. The molecule has 3 atom stereocenters. The largest absolute Gasteiger partial charge is 0.368 e. The number of Topliss-reactive ketones (excluding diaryl/α,β-unsaturated/α-hetero) is 1. The minimum absolute atomic E-state index is 0.00694. The Bertz CT molecular complexity index is 791. The van der Waals surface area contributed by atoms with E-state index in [1.165, 1.54) is 11.1 Å². The molecule has 29 heavy (non-hydrogen) atoms. The summed E-state index contributed by atoms with van der Waals surface area (Å²) in [5, 5.41) is 2.90. The maximum atomic E-state index is 13.1. The van der Waals surface area contributed by atoms with Crippen molar-refractivity contribution in [3.63, 3.8) is 0 Å². The molecule has 1 N–H and O–H groups in total. The summed E-state index contributed by atoms with van der Waals surface area (Å²) >= 11 is 0. The van der Waals surface area contributed by atoms with Crippen molar-refractivity contribution in [3.05, 3.63) is 35.4 Å². The number of nitrogens with one attached hydrogen (secondary N) is 1. The lowest BCUT2D eigenvalue weighted by atomic mass is 9.88. The molecule has 0 aliphatic carbocycles. The summed E-state index contributed by atoms with van der Waals surface area (Å²) in [4.78, 5) is 40.2. The van der Waals surface area contributed by atoms with Gasteiger partial charge in [0.2, 0.25) is 11.8 Å². The van der Waals surface area contributed by atoms with Gasteiger partial charge >= 0.3 is 0 Å². The van der Waals surface area contributed by atoms with Gasteiger partial charge in [0, 0.05) is 25.4 Å². The van der Waals surface area contributed by atoms with Gasteiger partial charge in [0.05, 0.1) is 6.10 Å². The number of fused-ring (bicyclic) bond motifs is 1. The average molecular weight is 401 g/mol. The zero-order valence-electron chi connectivity index (χ0n) is 17.9. The summed E-state index contributed by atoms with van der Waals surface area (Å²) in [5.74, 6) is -0.566. The van der Waals surface area contributed by atoms with Crippen LogP contribution in [-0.4, -0.2) is 47.3 Å². The topological polar surface area (TPSA) is 75.7 Å². The van der Waals surface area contributed by atoms with E-state index in [1.807, 2.05) is 30.9 Å². The normalized spacial score (nSPS) is 25.1. The molecule has 0 saturated carbocycles. The summed E-state index contributed by atoms with van der Waals surface area (Å²) in [7, 11) is 0. The molecule has 2 heterocycles. The predicted molar refractivity (Wildman–Crippen MR) is 110 cm³/mol. The molecule has 0 spiro atoms. The molecular formula is C23H32N2O4. The molecule has 0 radical (unpaired) electrons. The molecule has 158 valence electrons. The first-order valence-electron chi connectivity index (χ1n) is 10.5. The van der Waals surface area contributed by atoms with Crippen LogP contribution < -0.4 is 5.32 Å². The number of ether oxygens (including phenoxy) is 1. The zero-order valence-corrected chi connectivity index (χ0v) is 17.9. The number of amides is 2. The fraction of sp³-hybridized carbons (Fsp3) is 0.609. The SMILES string of the molecule is CC(C)CC(CC(=O)N1CCc2ccccc2C1)C(=O)NC1(C)C(=O)COC1C. The molecule has 2 aliphatic heterocycles. The van der Waals surface area contributed by atoms with E-state index in [2.05, 4.69) is 17.4 Å². The Morgan fingerprint density at radius 1 is 1.28 bits per heavy atom. The minimum atomic E-state index is -1.03. The van der Waals surface area contributed by atoms with Gasteiger partial charge in [-0.2, -0.15) is 0 Å². The Morgan fingerprint density at radius 3 is 2.59 bits per heavy atom. The molecule has 0 bridgehead atoms. The standard InChI is InChI=1S/C23H32N2O4/c1-15(2)11-19(22(28)24-23(4)16(3)29-14-20(23)26)12-21(27)25-10-9-17-7-5-6-8-18(17)13-25/h5-8,15-16,19H,9-14H2,1-4H3,(H,24,28). The third-order valence-corrected chi connectivity index (χ3v) is 6.27. The summed E-state index contributed by atoms with van der Waals surface area (Å²) in [5.41, 5.74) is 1.43. The van der Waals surface area contributed by atoms with Crippen LogP contribution in [0.15, 0.2) is 24.3 Å². The molecule has 0 aromatic heterocycles. The summed E-state index contributed by atoms with van der Waals surface area (Å²) in [6.07, 6.45) is 1.21. The number of carbonyl (C=O) groups is 3. The van der Waals surface area contributed by atoms with Crippen LogP contribution >= 0.6 is 0 Å². The number of hydrogen-bond donors (Lipinski definition) is 1. The predicted octanol–water partition coefficient (Wildman–Crippen LogP) is 2.49. The lowest BCUT2D eigenvalue weighted by molar-refractivity contribution is -0.139. The first-order valence-corrected chi connectivity index (χ1v) is 10.5. The quantitative estimate of drug-likeness (QED) is 0.796. The van der Waals surface area contributed by atoms with Crippen molar-refractivity contribution >= 4 is 17.6 Å². The third kappa shape index (κ3) is 4.69. The first-order chi connectivity index (χ1) is 13.7. The number of hydrogen-bond acceptors (Lipinski definition) is 4. The van der Waals surface area contributed by atoms with Crippen molar-refractivity contribution in [2.45, 2.75) is 65.1 Å². The lowest BCUT2D eigenvalue weighted by Crippen LogP contribution is -2.57. The van der Waals surface area contributed by atoms with E-state index in [-0.39, 0.29) is 42.6 Å². The molecule has 2 aliphatic rings. The van der Waals surface area contributed by atoms with Gasteiger partial charge in [0.15, 0.2) is 5.78 Å². The molecule has 1 aromatic rings. The summed E-state index contributed by atoms with van der Waals surface area (Å²) < 4.78 is 5.41. The summed E-state index contributed by atoms with van der Waals surface area (Å²) in [6, 6.07) is 8.18. The van der Waals surface area contributed by atoms with Gasteiger partial charge in [-0.3, -0.25) is 14.4 Å². The van der Waals surface area contributed by atoms with E-state index >= 15 is 0 Å². The molecular weight excluding hydrogens is 368 g/mol. The van der Waals surface area contributed by atoms with E-state index in [4.69, 9.17) is 4.74 Å². The van der Waals surface area contributed by atoms with Crippen molar-refractivity contribution in [1.29, 1.82) is 0 Å². The second kappa shape index (κ2) is 8.66. The van der Waals surface area contributed by atoms with Crippen molar-refractivity contribution in [2.75, 3.05) is 13.2 Å². The Morgan fingerprint density at radius 2 is 1.97 bits per heavy atom. The first kappa shape index (κ1) is 21.5. The fourth-order valence-corrected chi connectivity index (χ4v) is 4.17. The van der Waals surface area contributed by atoms with Crippen LogP contribution in [0.3, 0.4) is 0 Å². The van der Waals surface area contributed by atoms with E-state index in [1.54, 1.807) is 13.8 Å². The monoisotopic (exact) mass is 400 g/mol. The number of benzene rings is 1. The van der Waals surface area contributed by atoms with Crippen LogP contribution in [0.1, 0.15) is 51.7 Å². The van der Waals surface area contributed by atoms with E-state index < -0.39 is 11.5 Å². The molecule has 6 nitrogen and oxygen atoms in total. The van der Waals surface area contributed by atoms with Gasteiger partial charge in [-0.15, -0.1) is 0 Å². The van der Waals surface area contributed by atoms with Crippen molar-refractivity contribution < 1.29 is 19.1 Å². The second-order valence-electron chi connectivity index (χ2n) is 8.93. The van der Waals surface area contributed by atoms with Gasteiger partial charge in [-0.25, -0.2) is 0 Å². The molecule has 2 amide bonds. The minimum Gasteiger partial charge on any atom is -0.368 e. The van der Waals surface area contributed by atoms with E-state index in [9.17, 15) is 14.4 Å². The van der Waals surface area contributed by atoms with Gasteiger partial charge in [-0.05, 0) is 43.7 Å².